The van der Waals surface area contributed by atoms with Crippen LogP contribution in [0.4, 0.5) is 16.2 Å². The number of carbonyl (C=O) groups is 3. The van der Waals surface area contributed by atoms with Gasteiger partial charge in [-0.05, 0) is 25.0 Å². The largest absolute Gasteiger partial charge is 0.370 e. The number of fused-ring (bicyclic) bond motifs is 1. The van der Waals surface area contributed by atoms with Crippen LogP contribution in [0.25, 0.3) is 11.0 Å². The van der Waals surface area contributed by atoms with Gasteiger partial charge < -0.3 is 25.1 Å². The van der Waals surface area contributed by atoms with E-state index in [1.54, 1.807) is 6.07 Å². The molecule has 2 aromatic rings. The second kappa shape index (κ2) is 6.70. The van der Waals surface area contributed by atoms with E-state index in [2.05, 4.69) is 20.2 Å². The summed E-state index contributed by atoms with van der Waals surface area (Å²) in [4.78, 5) is 58.3. The molecule has 0 spiro atoms. The van der Waals surface area contributed by atoms with Gasteiger partial charge in [0, 0.05) is 27.2 Å². The fourth-order valence-corrected chi connectivity index (χ4v) is 3.85. The molecule has 3 heterocycles. The van der Waals surface area contributed by atoms with E-state index >= 15 is 0 Å². The molecule has 3 N–H and O–H groups in total. The number of rotatable bonds is 4. The highest BCUT2D eigenvalue weighted by Gasteiger charge is 2.41. The van der Waals surface area contributed by atoms with Gasteiger partial charge in [-0.1, -0.05) is 0 Å². The van der Waals surface area contributed by atoms with E-state index in [1.165, 1.54) is 19.0 Å². The van der Waals surface area contributed by atoms with Crippen LogP contribution in [-0.2, 0) is 9.59 Å². The summed E-state index contributed by atoms with van der Waals surface area (Å²) < 4.78 is 0. The molecule has 0 aliphatic carbocycles. The molecule has 2 aliphatic heterocycles. The number of likely N-dealkylation sites (N-methyl/N-ethyl adjacent to an activating group) is 2. The molecule has 4 rings (SSSR count). The molecule has 148 valence electrons. The molecular formula is C18H22N6O4. The number of H-pyrrole nitrogens is 2. The Morgan fingerprint density at radius 3 is 2.36 bits per heavy atom. The van der Waals surface area contributed by atoms with Crippen molar-refractivity contribution in [1.29, 1.82) is 0 Å². The first kappa shape index (κ1) is 18.1. The number of hydrogen-bond donors (Lipinski definition) is 3. The van der Waals surface area contributed by atoms with Gasteiger partial charge >= 0.3 is 11.7 Å². The smallest absolute Gasteiger partial charge is 0.326 e. The molecule has 10 nitrogen and oxygen atoms in total. The van der Waals surface area contributed by atoms with Gasteiger partial charge in [0.1, 0.15) is 6.04 Å². The molecule has 2 saturated heterocycles. The number of carbonyl (C=O) groups excluding carboxylic acids is 3. The number of imidazole rings is 1. The minimum Gasteiger partial charge on any atom is -0.370 e. The normalized spacial score (nSPS) is 19.9. The quantitative estimate of drug-likeness (QED) is 0.667. The van der Waals surface area contributed by atoms with Crippen molar-refractivity contribution in [2.24, 2.45) is 0 Å². The Bertz CT molecular complexity index is 1020. The molecule has 1 aromatic carbocycles. The van der Waals surface area contributed by atoms with Crippen molar-refractivity contribution in [3.05, 3.63) is 22.6 Å². The lowest BCUT2D eigenvalue weighted by molar-refractivity contribution is -0.129. The maximum atomic E-state index is 12.7. The Balaban J connectivity index is 1.60. The predicted molar refractivity (Wildman–Crippen MR) is 103 cm³/mol. The summed E-state index contributed by atoms with van der Waals surface area (Å²) in [5.74, 6) is -0.765. The number of nitrogens with zero attached hydrogens (tertiary/aromatic N) is 3. The van der Waals surface area contributed by atoms with Crippen molar-refractivity contribution < 1.29 is 14.4 Å². The molecule has 1 unspecified atom stereocenters. The maximum Gasteiger partial charge on any atom is 0.326 e. The summed E-state index contributed by atoms with van der Waals surface area (Å²) in [6.07, 6.45) is 1.99. The molecule has 0 radical (unpaired) electrons. The first-order valence-corrected chi connectivity index (χ1v) is 9.20. The number of benzene rings is 1. The zero-order chi connectivity index (χ0) is 20.0. The number of aromatic nitrogens is 2. The minimum absolute atomic E-state index is 0.132. The van der Waals surface area contributed by atoms with E-state index in [0.29, 0.717) is 16.7 Å². The lowest BCUT2D eigenvalue weighted by Gasteiger charge is -2.22. The molecule has 2 fully saturated rings. The fourth-order valence-electron chi connectivity index (χ4n) is 3.85. The minimum atomic E-state index is -0.816. The number of imide groups is 1. The zero-order valence-electron chi connectivity index (χ0n) is 15.7. The van der Waals surface area contributed by atoms with Gasteiger partial charge in [0.05, 0.1) is 28.8 Å². The number of nitrogens with one attached hydrogen (secondary N) is 3. The van der Waals surface area contributed by atoms with Crippen LogP contribution < -0.4 is 15.9 Å². The van der Waals surface area contributed by atoms with Gasteiger partial charge in [-0.3, -0.25) is 14.5 Å². The molecule has 0 bridgehead atoms. The molecule has 1 atom stereocenters. The summed E-state index contributed by atoms with van der Waals surface area (Å²) in [6.45, 7) is 1.73. The van der Waals surface area contributed by atoms with Gasteiger partial charge in [0.2, 0.25) is 5.91 Å². The molecule has 28 heavy (non-hydrogen) atoms. The molecule has 0 saturated carbocycles. The fraction of sp³-hybridized carbons (Fsp3) is 0.444. The topological polar surface area (TPSA) is 122 Å². The average Bonchev–Trinajstić information content (AvgIpc) is 3.34. The van der Waals surface area contributed by atoms with Crippen molar-refractivity contribution in [2.75, 3.05) is 37.4 Å². The first-order valence-electron chi connectivity index (χ1n) is 9.20. The molecule has 4 amide bonds. The predicted octanol–water partition coefficient (Wildman–Crippen LogP) is 0.677. The molecular weight excluding hydrogens is 364 g/mol. The Kier molecular flexibility index (Phi) is 4.33. The van der Waals surface area contributed by atoms with Crippen LogP contribution in [0.2, 0.25) is 0 Å². The summed E-state index contributed by atoms with van der Waals surface area (Å²) >= 11 is 0. The van der Waals surface area contributed by atoms with Crippen molar-refractivity contribution in [2.45, 2.75) is 25.3 Å². The third kappa shape index (κ3) is 3.00. The first-order chi connectivity index (χ1) is 13.3. The third-order valence-electron chi connectivity index (χ3n) is 5.40. The number of urea groups is 1. The van der Waals surface area contributed by atoms with E-state index in [0.717, 1.165) is 36.5 Å². The van der Waals surface area contributed by atoms with Crippen molar-refractivity contribution in [3.8, 4) is 0 Å². The van der Waals surface area contributed by atoms with Crippen LogP contribution in [0, 0.1) is 0 Å². The highest BCUT2D eigenvalue weighted by Crippen LogP contribution is 2.32. The molecule has 2 aliphatic rings. The van der Waals surface area contributed by atoms with Crippen molar-refractivity contribution in [1.82, 2.24) is 19.8 Å². The SMILES string of the molecule is CN1C(=O)C(CC(=O)Nc2cc3[nH]c(=O)[nH]c3cc2N2CCCC2)N(C)C1=O. The maximum absolute atomic E-state index is 12.7. The van der Waals surface area contributed by atoms with Gasteiger partial charge in [0.15, 0.2) is 0 Å². The summed E-state index contributed by atoms with van der Waals surface area (Å²) in [7, 11) is 2.91. The molecule has 10 heteroatoms. The summed E-state index contributed by atoms with van der Waals surface area (Å²) in [5.41, 5.74) is 2.34. The van der Waals surface area contributed by atoms with Crippen LogP contribution in [0.15, 0.2) is 16.9 Å². The highest BCUT2D eigenvalue weighted by atomic mass is 16.2. The zero-order valence-corrected chi connectivity index (χ0v) is 15.7. The van der Waals surface area contributed by atoms with Crippen LogP contribution in [0.5, 0.6) is 0 Å². The third-order valence-corrected chi connectivity index (χ3v) is 5.40. The second-order valence-electron chi connectivity index (χ2n) is 7.25. The highest BCUT2D eigenvalue weighted by molar-refractivity contribution is 6.07. The van der Waals surface area contributed by atoms with Gasteiger partial charge in [-0.25, -0.2) is 9.59 Å². The summed E-state index contributed by atoms with van der Waals surface area (Å²) in [6, 6.07) is 2.32. The van der Waals surface area contributed by atoms with Gasteiger partial charge in [0.25, 0.3) is 5.91 Å². The number of amides is 4. The van der Waals surface area contributed by atoms with Crippen LogP contribution in [0.3, 0.4) is 0 Å². The van der Waals surface area contributed by atoms with Crippen LogP contribution in [0.1, 0.15) is 19.3 Å². The Labute approximate surface area is 160 Å². The lowest BCUT2D eigenvalue weighted by Crippen LogP contribution is -2.35. The van der Waals surface area contributed by atoms with Crippen molar-refractivity contribution in [3.63, 3.8) is 0 Å². The van der Waals surface area contributed by atoms with Crippen LogP contribution in [-0.4, -0.2) is 70.8 Å². The number of anilines is 2. The monoisotopic (exact) mass is 386 g/mol. The van der Waals surface area contributed by atoms with E-state index in [4.69, 9.17) is 0 Å². The standard InChI is InChI=1S/C18H22N6O4/c1-22-14(16(26)23(2)18(22)28)9-15(25)19-12-7-10-11(21-17(27)20-10)8-13(12)24-5-3-4-6-24/h7-8,14H,3-6,9H2,1-2H3,(H,19,25)(H2,20,21,27). The Morgan fingerprint density at radius 2 is 1.75 bits per heavy atom. The van der Waals surface area contributed by atoms with E-state index < -0.39 is 18.0 Å². The van der Waals surface area contributed by atoms with Gasteiger partial charge in [-0.15, -0.1) is 0 Å². The van der Waals surface area contributed by atoms with Crippen LogP contribution >= 0.6 is 0 Å². The molecule has 1 aromatic heterocycles. The number of hydrogen-bond acceptors (Lipinski definition) is 5. The van der Waals surface area contributed by atoms with E-state index in [1.807, 2.05) is 6.07 Å². The van der Waals surface area contributed by atoms with Gasteiger partial charge in [-0.2, -0.15) is 0 Å². The van der Waals surface area contributed by atoms with E-state index in [9.17, 15) is 19.2 Å². The second-order valence-corrected chi connectivity index (χ2v) is 7.25. The number of aromatic amines is 2. The lowest BCUT2D eigenvalue weighted by atomic mass is 10.1. The average molecular weight is 386 g/mol. The van der Waals surface area contributed by atoms with E-state index in [-0.39, 0.29) is 18.0 Å². The summed E-state index contributed by atoms with van der Waals surface area (Å²) in [5, 5.41) is 2.86. The van der Waals surface area contributed by atoms with Crippen molar-refractivity contribution >= 4 is 40.3 Å². The Morgan fingerprint density at radius 1 is 1.11 bits per heavy atom. The Hall–Kier alpha value is -3.30.